The first-order valence-electron chi connectivity index (χ1n) is 10.8. The fourth-order valence-corrected chi connectivity index (χ4v) is 3.64. The van der Waals surface area contributed by atoms with Gasteiger partial charge in [0.1, 0.15) is 6.10 Å². The van der Waals surface area contributed by atoms with Gasteiger partial charge in [0.05, 0.1) is 6.54 Å². The second-order valence-electron chi connectivity index (χ2n) is 9.32. The van der Waals surface area contributed by atoms with Crippen LogP contribution in [0.2, 0.25) is 0 Å². The molecule has 28 heavy (non-hydrogen) atoms. The molecule has 1 fully saturated rings. The van der Waals surface area contributed by atoms with Crippen LogP contribution in [0.15, 0.2) is 0 Å². The van der Waals surface area contributed by atoms with Gasteiger partial charge in [0.2, 0.25) is 5.91 Å². The lowest BCUT2D eigenvalue weighted by atomic mass is 9.82. The fraction of sp³-hybridized carbons (Fsp3) is 0.905. The molecule has 1 saturated carbocycles. The van der Waals surface area contributed by atoms with Crippen LogP contribution in [-0.2, 0) is 9.63 Å². The highest BCUT2D eigenvalue weighted by Crippen LogP contribution is 2.27. The van der Waals surface area contributed by atoms with Crippen LogP contribution in [0.25, 0.3) is 0 Å². The van der Waals surface area contributed by atoms with Gasteiger partial charge in [-0.25, -0.2) is 10.3 Å². The Morgan fingerprint density at radius 1 is 1.18 bits per heavy atom. The molecular weight excluding hydrogens is 358 g/mol. The van der Waals surface area contributed by atoms with Crippen LogP contribution in [0.4, 0.5) is 4.79 Å². The summed E-state index contributed by atoms with van der Waals surface area (Å²) in [5.41, 5.74) is 8.53. The maximum absolute atomic E-state index is 12.0. The van der Waals surface area contributed by atoms with E-state index in [1.807, 2.05) is 20.8 Å². The molecule has 0 aromatic carbocycles. The van der Waals surface area contributed by atoms with E-state index in [4.69, 9.17) is 15.7 Å². The molecule has 2 unspecified atom stereocenters. The molecule has 1 rings (SSSR count). The van der Waals surface area contributed by atoms with Gasteiger partial charge < -0.3 is 15.7 Å². The molecule has 1 aliphatic rings. The molecule has 0 aromatic rings. The maximum Gasteiger partial charge on any atom is 0.407 e. The average molecular weight is 400 g/mol. The molecular formula is C21H41N3O4. The minimum absolute atomic E-state index is 0.163. The van der Waals surface area contributed by atoms with E-state index in [2.05, 4.69) is 5.48 Å². The molecule has 2 atom stereocenters. The number of carboxylic acid groups (broad SMARTS) is 1. The van der Waals surface area contributed by atoms with Crippen molar-refractivity contribution >= 4 is 12.0 Å². The number of rotatable bonds is 11. The zero-order chi connectivity index (χ0) is 21.2. The topological polar surface area (TPSA) is 105 Å². The molecule has 0 saturated heterocycles. The molecule has 0 aromatic heterocycles. The molecule has 4 N–H and O–H groups in total. The lowest BCUT2D eigenvalue weighted by Crippen LogP contribution is -2.45. The Morgan fingerprint density at radius 2 is 1.82 bits per heavy atom. The van der Waals surface area contributed by atoms with E-state index in [-0.39, 0.29) is 17.9 Å². The molecule has 2 amide bonds. The summed E-state index contributed by atoms with van der Waals surface area (Å²) in [7, 11) is 1.49. The third-order valence-electron chi connectivity index (χ3n) is 5.74. The monoisotopic (exact) mass is 399 g/mol. The van der Waals surface area contributed by atoms with Crippen LogP contribution in [0, 0.1) is 11.3 Å². The minimum Gasteiger partial charge on any atom is -0.465 e. The van der Waals surface area contributed by atoms with Crippen LogP contribution >= 0.6 is 0 Å². The van der Waals surface area contributed by atoms with Gasteiger partial charge in [-0.05, 0) is 37.0 Å². The van der Waals surface area contributed by atoms with E-state index in [0.717, 1.165) is 30.6 Å². The van der Waals surface area contributed by atoms with Gasteiger partial charge in [0.15, 0.2) is 0 Å². The summed E-state index contributed by atoms with van der Waals surface area (Å²) in [6.07, 6.45) is 9.37. The number of nitrogens with one attached hydrogen (secondary N) is 1. The molecule has 0 radical (unpaired) electrons. The number of unbranched alkanes of at least 4 members (excludes halogenated alkanes) is 2. The third-order valence-corrected chi connectivity index (χ3v) is 5.74. The molecule has 164 valence electrons. The van der Waals surface area contributed by atoms with Gasteiger partial charge in [-0.1, -0.05) is 52.9 Å². The van der Waals surface area contributed by atoms with Crippen molar-refractivity contribution in [3.63, 3.8) is 0 Å². The average Bonchev–Trinajstić information content (AvgIpc) is 2.64. The third kappa shape index (κ3) is 9.73. The Bertz CT molecular complexity index is 473. The van der Waals surface area contributed by atoms with E-state index < -0.39 is 12.2 Å². The van der Waals surface area contributed by atoms with E-state index in [0.29, 0.717) is 18.4 Å². The second kappa shape index (κ2) is 12.3. The molecule has 7 heteroatoms. The highest BCUT2D eigenvalue weighted by Gasteiger charge is 2.29. The number of nitrogens with zero attached hydrogens (tertiary/aromatic N) is 1. The van der Waals surface area contributed by atoms with Crippen LogP contribution in [0.3, 0.4) is 0 Å². The number of likely N-dealkylation sites (N-methyl/N-ethyl adjacent to an activating group) is 1. The summed E-state index contributed by atoms with van der Waals surface area (Å²) in [6, 6.07) is 0.302. The van der Waals surface area contributed by atoms with Crippen molar-refractivity contribution in [2.45, 2.75) is 97.1 Å². The van der Waals surface area contributed by atoms with Crippen molar-refractivity contribution in [2.75, 3.05) is 13.6 Å². The predicted molar refractivity (Wildman–Crippen MR) is 111 cm³/mol. The van der Waals surface area contributed by atoms with Crippen molar-refractivity contribution < 1.29 is 19.5 Å². The molecule has 1 aliphatic carbocycles. The van der Waals surface area contributed by atoms with Crippen LogP contribution in [0.1, 0.15) is 85.0 Å². The maximum atomic E-state index is 12.0. The molecule has 0 heterocycles. The van der Waals surface area contributed by atoms with Crippen molar-refractivity contribution in [1.82, 2.24) is 10.4 Å². The Labute approximate surface area is 170 Å². The lowest BCUT2D eigenvalue weighted by Gasteiger charge is -2.32. The van der Waals surface area contributed by atoms with Crippen molar-refractivity contribution in [3.05, 3.63) is 0 Å². The SMILES string of the molecule is CN(CC(ONC(=O)CCCCCC(N)C1CCCCC1)C(C)(C)C)C(=O)O. The molecule has 0 spiro atoms. The summed E-state index contributed by atoms with van der Waals surface area (Å²) in [5.74, 6) is 0.521. The summed E-state index contributed by atoms with van der Waals surface area (Å²) in [5, 5.41) is 9.04. The second-order valence-corrected chi connectivity index (χ2v) is 9.32. The first-order valence-corrected chi connectivity index (χ1v) is 10.8. The van der Waals surface area contributed by atoms with E-state index in [1.54, 1.807) is 0 Å². The van der Waals surface area contributed by atoms with Gasteiger partial charge in [-0.2, -0.15) is 0 Å². The Balaban J connectivity index is 2.21. The van der Waals surface area contributed by atoms with Crippen LogP contribution in [0.5, 0.6) is 0 Å². The zero-order valence-corrected chi connectivity index (χ0v) is 18.2. The smallest absolute Gasteiger partial charge is 0.407 e. The summed E-state index contributed by atoms with van der Waals surface area (Å²) in [6.45, 7) is 6.05. The number of carbonyl (C=O) groups is 2. The van der Waals surface area contributed by atoms with Crippen LogP contribution in [-0.4, -0.2) is 47.7 Å². The molecule has 0 aliphatic heterocycles. The Hall–Kier alpha value is -1.34. The number of hydroxylamine groups is 1. The Morgan fingerprint density at radius 3 is 2.39 bits per heavy atom. The molecule has 7 nitrogen and oxygen atoms in total. The summed E-state index contributed by atoms with van der Waals surface area (Å²) < 4.78 is 0. The van der Waals surface area contributed by atoms with Crippen molar-refractivity contribution in [2.24, 2.45) is 17.1 Å². The zero-order valence-electron chi connectivity index (χ0n) is 18.2. The van der Waals surface area contributed by atoms with Gasteiger partial charge in [0.25, 0.3) is 0 Å². The van der Waals surface area contributed by atoms with E-state index >= 15 is 0 Å². The van der Waals surface area contributed by atoms with Gasteiger partial charge >= 0.3 is 6.09 Å². The van der Waals surface area contributed by atoms with Crippen molar-refractivity contribution in [1.29, 1.82) is 0 Å². The van der Waals surface area contributed by atoms with Crippen molar-refractivity contribution in [3.8, 4) is 0 Å². The first-order chi connectivity index (χ1) is 13.1. The largest absolute Gasteiger partial charge is 0.465 e. The van der Waals surface area contributed by atoms with Gasteiger partial charge in [-0.15, -0.1) is 0 Å². The highest BCUT2D eigenvalue weighted by atomic mass is 16.7. The lowest BCUT2D eigenvalue weighted by molar-refractivity contribution is -0.146. The Kier molecular flexibility index (Phi) is 10.8. The minimum atomic E-state index is -1.02. The number of hydrogen-bond acceptors (Lipinski definition) is 4. The number of hydrogen-bond donors (Lipinski definition) is 3. The number of nitrogens with two attached hydrogens (primary N) is 1. The summed E-state index contributed by atoms with van der Waals surface area (Å²) >= 11 is 0. The highest BCUT2D eigenvalue weighted by molar-refractivity contribution is 5.74. The standard InChI is InChI=1S/C21H41N3O4/c1-21(2,3)18(15-24(4)20(26)27)28-23-19(25)14-10-6-9-13-17(22)16-11-7-5-8-12-16/h16-18H,5-15,22H2,1-4H3,(H,23,25)(H,26,27). The number of amides is 2. The quantitative estimate of drug-likeness (QED) is 0.361. The van der Waals surface area contributed by atoms with Crippen LogP contribution < -0.4 is 11.2 Å². The summed E-state index contributed by atoms with van der Waals surface area (Å²) in [4.78, 5) is 29.8. The van der Waals surface area contributed by atoms with E-state index in [1.165, 1.54) is 39.2 Å². The molecule has 0 bridgehead atoms. The van der Waals surface area contributed by atoms with Gasteiger partial charge in [0, 0.05) is 19.5 Å². The normalized spacial score (nSPS) is 17.8. The predicted octanol–water partition coefficient (Wildman–Crippen LogP) is 3.92. The first kappa shape index (κ1) is 24.7. The number of carbonyl (C=O) groups excluding carboxylic acids is 1. The van der Waals surface area contributed by atoms with E-state index in [9.17, 15) is 9.59 Å². The van der Waals surface area contributed by atoms with Gasteiger partial charge in [-0.3, -0.25) is 9.63 Å². The fourth-order valence-electron chi connectivity index (χ4n) is 3.64.